The number of nitrogens with one attached hydrogen (secondary N) is 2. The lowest BCUT2D eigenvalue weighted by molar-refractivity contribution is -0.119. The van der Waals surface area contributed by atoms with E-state index >= 15 is 0 Å². The zero-order valence-electron chi connectivity index (χ0n) is 19.2. The molecule has 174 valence electrons. The maximum atomic E-state index is 12.2. The summed E-state index contributed by atoms with van der Waals surface area (Å²) in [5.41, 5.74) is 4.62. The molecule has 0 atom stereocenters. The summed E-state index contributed by atoms with van der Waals surface area (Å²) in [5, 5.41) is 10.8. The van der Waals surface area contributed by atoms with Gasteiger partial charge in [-0.1, -0.05) is 18.2 Å². The van der Waals surface area contributed by atoms with Crippen molar-refractivity contribution < 1.29 is 13.2 Å². The van der Waals surface area contributed by atoms with Gasteiger partial charge in [0.1, 0.15) is 0 Å². The number of sulfonamides is 1. The second-order valence-electron chi connectivity index (χ2n) is 8.85. The number of para-hydroxylation sites is 1. The van der Waals surface area contributed by atoms with Gasteiger partial charge in [0.2, 0.25) is 21.9 Å². The van der Waals surface area contributed by atoms with Gasteiger partial charge < -0.3 is 10.6 Å². The molecule has 0 radical (unpaired) electrons. The van der Waals surface area contributed by atoms with Crippen molar-refractivity contribution in [3.63, 3.8) is 0 Å². The van der Waals surface area contributed by atoms with Crippen LogP contribution in [-0.2, 0) is 20.2 Å². The van der Waals surface area contributed by atoms with E-state index < -0.39 is 15.4 Å². The zero-order valence-corrected chi connectivity index (χ0v) is 20.0. The van der Waals surface area contributed by atoms with Crippen LogP contribution in [-0.4, -0.2) is 42.2 Å². The molecular formula is C24H24N6O3S. The third-order valence-corrected chi connectivity index (χ3v) is 7.37. The number of carbonyl (C=O) groups is 1. The fourth-order valence-corrected chi connectivity index (χ4v) is 4.60. The maximum absolute atomic E-state index is 12.2. The molecule has 0 fully saturated rings. The Labute approximate surface area is 197 Å². The van der Waals surface area contributed by atoms with Gasteiger partial charge in [0, 0.05) is 24.0 Å². The first-order valence-corrected chi connectivity index (χ1v) is 12.5. The second kappa shape index (κ2) is 7.56. The predicted octanol–water partition coefficient (Wildman–Crippen LogP) is 3.77. The van der Waals surface area contributed by atoms with Gasteiger partial charge in [-0.25, -0.2) is 17.9 Å². The van der Waals surface area contributed by atoms with Crippen LogP contribution in [0.2, 0.25) is 0 Å². The number of amides is 1. The molecular weight excluding hydrogens is 452 g/mol. The van der Waals surface area contributed by atoms with E-state index in [2.05, 4.69) is 20.7 Å². The van der Waals surface area contributed by atoms with E-state index in [4.69, 9.17) is 0 Å². The number of hydrogen-bond donors (Lipinski definition) is 2. The third kappa shape index (κ3) is 3.56. The normalized spacial score (nSPS) is 14.6. The third-order valence-electron chi connectivity index (χ3n) is 6.18. The zero-order chi connectivity index (χ0) is 24.3. The molecule has 0 saturated carbocycles. The van der Waals surface area contributed by atoms with Crippen LogP contribution < -0.4 is 14.9 Å². The highest BCUT2D eigenvalue weighted by Crippen LogP contribution is 2.39. The molecule has 34 heavy (non-hydrogen) atoms. The minimum Gasteiger partial charge on any atom is -0.325 e. The summed E-state index contributed by atoms with van der Waals surface area (Å²) < 4.78 is 27.3. The Morgan fingerprint density at radius 3 is 2.62 bits per heavy atom. The van der Waals surface area contributed by atoms with Crippen LogP contribution in [0, 0.1) is 0 Å². The summed E-state index contributed by atoms with van der Waals surface area (Å²) >= 11 is 0. The van der Waals surface area contributed by atoms with Gasteiger partial charge in [0.05, 0.1) is 34.8 Å². The van der Waals surface area contributed by atoms with Crippen LogP contribution in [0.1, 0.15) is 19.4 Å². The first-order chi connectivity index (χ1) is 16.1. The highest BCUT2D eigenvalue weighted by atomic mass is 32.2. The van der Waals surface area contributed by atoms with Crippen molar-refractivity contribution in [3.05, 3.63) is 66.4 Å². The van der Waals surface area contributed by atoms with Gasteiger partial charge in [0.15, 0.2) is 0 Å². The van der Waals surface area contributed by atoms with Crippen molar-refractivity contribution in [1.29, 1.82) is 0 Å². The first kappa shape index (κ1) is 21.9. The van der Waals surface area contributed by atoms with Crippen LogP contribution in [0.25, 0.3) is 16.8 Å². The standard InChI is InChI=1S/C24H24N6O3S/c1-24(2)18-13-15(9-11-19(18)27-22(24)31)26-23-25-14-16-10-12-21(30(16)28-23)17-7-5-6-8-20(17)29(3)34(4,32)33/h5-14H,1-4H3,(H,26,28)(H,27,31). The topological polar surface area (TPSA) is 109 Å². The highest BCUT2D eigenvalue weighted by Gasteiger charge is 2.38. The van der Waals surface area contributed by atoms with Crippen molar-refractivity contribution in [3.8, 4) is 11.3 Å². The van der Waals surface area contributed by atoms with E-state index in [1.165, 1.54) is 17.6 Å². The number of hydrogen-bond acceptors (Lipinski definition) is 6. The smallest absolute Gasteiger partial charge is 0.245 e. The summed E-state index contributed by atoms with van der Waals surface area (Å²) in [4.78, 5) is 16.7. The molecule has 1 aliphatic rings. The van der Waals surface area contributed by atoms with Crippen LogP contribution in [0.3, 0.4) is 0 Å². The van der Waals surface area contributed by atoms with E-state index in [0.717, 1.165) is 33.7 Å². The summed E-state index contributed by atoms with van der Waals surface area (Å²) in [7, 11) is -1.91. The molecule has 0 aliphatic carbocycles. The molecule has 0 spiro atoms. The highest BCUT2D eigenvalue weighted by molar-refractivity contribution is 7.92. The van der Waals surface area contributed by atoms with Gasteiger partial charge in [-0.15, -0.1) is 5.10 Å². The molecule has 3 heterocycles. The molecule has 5 rings (SSSR count). The van der Waals surface area contributed by atoms with Gasteiger partial charge in [-0.3, -0.25) is 9.10 Å². The second-order valence-corrected chi connectivity index (χ2v) is 10.9. The quantitative estimate of drug-likeness (QED) is 0.454. The van der Waals surface area contributed by atoms with E-state index in [1.54, 1.807) is 22.8 Å². The van der Waals surface area contributed by atoms with Crippen molar-refractivity contribution in [2.24, 2.45) is 0 Å². The molecule has 2 aromatic heterocycles. The van der Waals surface area contributed by atoms with Gasteiger partial charge in [0.25, 0.3) is 0 Å². The Balaban J connectivity index is 1.54. The van der Waals surface area contributed by atoms with Crippen molar-refractivity contribution in [1.82, 2.24) is 14.6 Å². The maximum Gasteiger partial charge on any atom is 0.245 e. The number of aromatic nitrogens is 3. The lowest BCUT2D eigenvalue weighted by atomic mass is 9.86. The van der Waals surface area contributed by atoms with Crippen molar-refractivity contribution >= 4 is 44.5 Å². The summed E-state index contributed by atoms with van der Waals surface area (Å²) in [5.74, 6) is 0.334. The van der Waals surface area contributed by atoms with Gasteiger partial charge in [-0.2, -0.15) is 0 Å². The largest absolute Gasteiger partial charge is 0.325 e. The SMILES string of the molecule is CN(c1ccccc1-c1ccc2cnc(Nc3ccc4c(c3)C(C)(C)C(=O)N4)nn12)S(C)(=O)=O. The Morgan fingerprint density at radius 1 is 1.09 bits per heavy atom. The molecule has 10 heteroatoms. The molecule has 9 nitrogen and oxygen atoms in total. The van der Waals surface area contributed by atoms with E-state index in [9.17, 15) is 13.2 Å². The van der Waals surface area contributed by atoms with E-state index in [0.29, 0.717) is 11.6 Å². The van der Waals surface area contributed by atoms with Crippen LogP contribution in [0.4, 0.5) is 23.0 Å². The minimum atomic E-state index is -3.44. The average Bonchev–Trinajstić information content (AvgIpc) is 3.31. The number of anilines is 4. The number of carbonyl (C=O) groups excluding carboxylic acids is 1. The summed E-state index contributed by atoms with van der Waals surface area (Å²) in [6.07, 6.45) is 2.87. The molecule has 4 aromatic rings. The van der Waals surface area contributed by atoms with Crippen LogP contribution >= 0.6 is 0 Å². The minimum absolute atomic E-state index is 0.0352. The molecule has 2 aromatic carbocycles. The number of fused-ring (bicyclic) bond motifs is 2. The fraction of sp³-hybridized carbons (Fsp3) is 0.208. The summed E-state index contributed by atoms with van der Waals surface area (Å²) in [6, 6.07) is 16.7. The lowest BCUT2D eigenvalue weighted by Gasteiger charge is -2.20. The van der Waals surface area contributed by atoms with E-state index in [-0.39, 0.29) is 5.91 Å². The van der Waals surface area contributed by atoms with E-state index in [1.807, 2.05) is 56.3 Å². The molecule has 0 unspecified atom stereocenters. The number of rotatable bonds is 5. The van der Waals surface area contributed by atoms with Crippen molar-refractivity contribution in [2.45, 2.75) is 19.3 Å². The Bertz CT molecular complexity index is 1560. The molecule has 0 bridgehead atoms. The Kier molecular flexibility index (Phi) is 4.87. The number of nitrogens with zero attached hydrogens (tertiary/aromatic N) is 4. The monoisotopic (exact) mass is 476 g/mol. The van der Waals surface area contributed by atoms with Crippen LogP contribution in [0.15, 0.2) is 60.8 Å². The average molecular weight is 477 g/mol. The fourth-order valence-electron chi connectivity index (χ4n) is 4.08. The summed E-state index contributed by atoms with van der Waals surface area (Å²) in [6.45, 7) is 3.77. The number of benzene rings is 2. The Hall–Kier alpha value is -3.92. The lowest BCUT2D eigenvalue weighted by Crippen LogP contribution is -2.26. The van der Waals surface area contributed by atoms with Gasteiger partial charge in [-0.05, 0) is 55.8 Å². The predicted molar refractivity (Wildman–Crippen MR) is 133 cm³/mol. The van der Waals surface area contributed by atoms with Gasteiger partial charge >= 0.3 is 0 Å². The molecule has 0 saturated heterocycles. The van der Waals surface area contributed by atoms with Crippen molar-refractivity contribution in [2.75, 3.05) is 28.2 Å². The Morgan fingerprint density at radius 2 is 1.85 bits per heavy atom. The molecule has 2 N–H and O–H groups in total. The molecule has 1 amide bonds. The van der Waals surface area contributed by atoms with Crippen LogP contribution in [0.5, 0.6) is 0 Å². The molecule has 1 aliphatic heterocycles. The first-order valence-electron chi connectivity index (χ1n) is 10.7.